The summed E-state index contributed by atoms with van der Waals surface area (Å²) in [6.07, 6.45) is -2.28. The van der Waals surface area contributed by atoms with E-state index in [4.69, 9.17) is 4.74 Å². The van der Waals surface area contributed by atoms with Crippen molar-refractivity contribution in [3.8, 4) is 5.75 Å². The van der Waals surface area contributed by atoms with E-state index in [0.29, 0.717) is 24.4 Å². The number of rotatable bonds is 3. The fourth-order valence-corrected chi connectivity index (χ4v) is 3.25. The van der Waals surface area contributed by atoms with E-state index in [1.165, 1.54) is 16.9 Å². The van der Waals surface area contributed by atoms with Crippen molar-refractivity contribution in [2.24, 2.45) is 0 Å². The number of anilines is 1. The summed E-state index contributed by atoms with van der Waals surface area (Å²) in [5, 5.41) is 2.76. The van der Waals surface area contributed by atoms with Crippen molar-refractivity contribution in [1.29, 1.82) is 0 Å². The zero-order chi connectivity index (χ0) is 21.7. The predicted molar refractivity (Wildman–Crippen MR) is 103 cm³/mol. The lowest BCUT2D eigenvalue weighted by Gasteiger charge is -2.23. The Morgan fingerprint density at radius 3 is 2.50 bits per heavy atom. The van der Waals surface area contributed by atoms with Crippen molar-refractivity contribution in [3.63, 3.8) is 0 Å². The molecule has 1 fully saturated rings. The average molecular weight is 422 g/mol. The number of ether oxygens (including phenoxy) is 1. The van der Waals surface area contributed by atoms with Crippen LogP contribution in [0.4, 0.5) is 23.7 Å². The first-order valence-corrected chi connectivity index (χ1v) is 9.30. The number of carbonyl (C=O) groups is 2. The Labute approximate surface area is 171 Å². The van der Waals surface area contributed by atoms with Crippen LogP contribution in [0.15, 0.2) is 42.7 Å². The van der Waals surface area contributed by atoms with Crippen molar-refractivity contribution >= 4 is 17.6 Å². The molecule has 7 nitrogen and oxygen atoms in total. The number of pyridine rings is 1. The van der Waals surface area contributed by atoms with E-state index in [0.717, 1.165) is 18.5 Å². The molecule has 3 amide bonds. The van der Waals surface area contributed by atoms with Crippen molar-refractivity contribution in [2.45, 2.75) is 12.6 Å². The summed E-state index contributed by atoms with van der Waals surface area (Å²) in [5.41, 5.74) is -0.998. The van der Waals surface area contributed by atoms with Crippen molar-refractivity contribution < 1.29 is 27.5 Å². The van der Waals surface area contributed by atoms with Crippen LogP contribution in [0.3, 0.4) is 0 Å². The third kappa shape index (κ3) is 4.81. The molecule has 1 aromatic carbocycles. The van der Waals surface area contributed by atoms with Gasteiger partial charge in [0.2, 0.25) is 0 Å². The molecule has 2 heterocycles. The van der Waals surface area contributed by atoms with Crippen LogP contribution in [0.1, 0.15) is 22.3 Å². The molecule has 0 unspecified atom stereocenters. The van der Waals surface area contributed by atoms with Gasteiger partial charge in [-0.15, -0.1) is 0 Å². The van der Waals surface area contributed by atoms with Crippen molar-refractivity contribution in [3.05, 3.63) is 53.9 Å². The second-order valence-corrected chi connectivity index (χ2v) is 6.68. The molecule has 0 bridgehead atoms. The number of benzene rings is 1. The molecule has 0 radical (unpaired) electrons. The van der Waals surface area contributed by atoms with E-state index in [1.807, 2.05) is 0 Å². The summed E-state index contributed by atoms with van der Waals surface area (Å²) in [5.74, 6) is -0.240. The highest BCUT2D eigenvalue weighted by Gasteiger charge is 2.36. The van der Waals surface area contributed by atoms with E-state index in [1.54, 1.807) is 24.3 Å². The number of nitrogens with zero attached hydrogens (tertiary/aromatic N) is 3. The van der Waals surface area contributed by atoms with Gasteiger partial charge in [0.25, 0.3) is 5.91 Å². The highest BCUT2D eigenvalue weighted by molar-refractivity contribution is 5.96. The van der Waals surface area contributed by atoms with Gasteiger partial charge in [0, 0.05) is 38.6 Å². The number of hydrogen-bond donors (Lipinski definition) is 1. The summed E-state index contributed by atoms with van der Waals surface area (Å²) in [7, 11) is 1.49. The predicted octanol–water partition coefficient (Wildman–Crippen LogP) is 3.49. The van der Waals surface area contributed by atoms with Crippen LogP contribution in [0.25, 0.3) is 0 Å². The van der Waals surface area contributed by atoms with Gasteiger partial charge in [0.05, 0.1) is 23.9 Å². The smallest absolute Gasteiger partial charge is 0.417 e. The van der Waals surface area contributed by atoms with E-state index < -0.39 is 23.2 Å². The van der Waals surface area contributed by atoms with E-state index in [-0.39, 0.29) is 25.7 Å². The third-order valence-electron chi connectivity index (χ3n) is 4.78. The van der Waals surface area contributed by atoms with Gasteiger partial charge in [-0.2, -0.15) is 13.2 Å². The molecule has 1 saturated heterocycles. The van der Waals surface area contributed by atoms with Crippen LogP contribution in [0, 0.1) is 0 Å². The normalized spacial score (nSPS) is 14.8. The maximum atomic E-state index is 13.2. The first-order valence-electron chi connectivity index (χ1n) is 9.30. The standard InChI is InChI=1S/C20H21F3N4O3/c1-30-17-6-3-2-5-16(17)25-19(29)27-10-4-9-26(11-12-27)18(28)14-13-24-8-7-15(14)20(21,22)23/h2-3,5-8,13H,4,9-12H2,1H3,(H,25,29). The Balaban J connectivity index is 1.68. The number of aromatic nitrogens is 1. The summed E-state index contributed by atoms with van der Waals surface area (Å²) < 4.78 is 44.9. The van der Waals surface area contributed by atoms with Crippen LogP contribution >= 0.6 is 0 Å². The quantitative estimate of drug-likeness (QED) is 0.822. The zero-order valence-electron chi connectivity index (χ0n) is 16.3. The monoisotopic (exact) mass is 422 g/mol. The molecule has 0 aliphatic carbocycles. The van der Waals surface area contributed by atoms with Gasteiger partial charge in [-0.25, -0.2) is 4.79 Å². The number of urea groups is 1. The number of hydrogen-bond acceptors (Lipinski definition) is 4. The summed E-state index contributed by atoms with van der Waals surface area (Å²) >= 11 is 0. The lowest BCUT2D eigenvalue weighted by atomic mass is 10.1. The molecule has 0 atom stereocenters. The maximum absolute atomic E-state index is 13.2. The molecule has 1 aliphatic rings. The number of nitrogens with one attached hydrogen (secondary N) is 1. The van der Waals surface area contributed by atoms with Crippen molar-refractivity contribution in [1.82, 2.24) is 14.8 Å². The number of carbonyl (C=O) groups excluding carboxylic acids is 2. The number of alkyl halides is 3. The van der Waals surface area contributed by atoms with Gasteiger partial charge >= 0.3 is 12.2 Å². The molecule has 160 valence electrons. The number of para-hydroxylation sites is 2. The lowest BCUT2D eigenvalue weighted by molar-refractivity contribution is -0.138. The average Bonchev–Trinajstić information content (AvgIpc) is 2.99. The molecule has 1 aromatic heterocycles. The SMILES string of the molecule is COc1ccccc1NC(=O)N1CCCN(C(=O)c2cnccc2C(F)(F)F)CC1. The molecular weight excluding hydrogens is 401 g/mol. The van der Waals surface area contributed by atoms with E-state index in [2.05, 4.69) is 10.3 Å². The summed E-state index contributed by atoms with van der Waals surface area (Å²) in [6.45, 7) is 0.909. The van der Waals surface area contributed by atoms with Crippen LogP contribution < -0.4 is 10.1 Å². The largest absolute Gasteiger partial charge is 0.495 e. The molecule has 10 heteroatoms. The number of halogens is 3. The Morgan fingerprint density at radius 1 is 1.07 bits per heavy atom. The van der Waals surface area contributed by atoms with Crippen molar-refractivity contribution in [2.75, 3.05) is 38.6 Å². The van der Waals surface area contributed by atoms with Gasteiger partial charge in [-0.3, -0.25) is 9.78 Å². The molecule has 0 saturated carbocycles. The number of methoxy groups -OCH3 is 1. The maximum Gasteiger partial charge on any atom is 0.417 e. The fourth-order valence-electron chi connectivity index (χ4n) is 3.25. The third-order valence-corrected chi connectivity index (χ3v) is 4.78. The van der Waals surface area contributed by atoms with Crippen LogP contribution in [0.2, 0.25) is 0 Å². The first-order chi connectivity index (χ1) is 14.3. The Morgan fingerprint density at radius 2 is 1.77 bits per heavy atom. The molecular formula is C20H21F3N4O3. The van der Waals surface area contributed by atoms with Crippen LogP contribution in [-0.2, 0) is 6.18 Å². The minimum absolute atomic E-state index is 0.115. The van der Waals surface area contributed by atoms with Crippen LogP contribution in [-0.4, -0.2) is 60.0 Å². The summed E-state index contributed by atoms with van der Waals surface area (Å²) in [6, 6.07) is 7.37. The molecule has 3 rings (SSSR count). The highest BCUT2D eigenvalue weighted by Crippen LogP contribution is 2.32. The van der Waals surface area contributed by atoms with Crippen LogP contribution in [0.5, 0.6) is 5.75 Å². The zero-order valence-corrected chi connectivity index (χ0v) is 16.3. The molecule has 1 N–H and O–H groups in total. The highest BCUT2D eigenvalue weighted by atomic mass is 19.4. The van der Waals surface area contributed by atoms with Gasteiger partial charge in [-0.1, -0.05) is 12.1 Å². The lowest BCUT2D eigenvalue weighted by Crippen LogP contribution is -2.39. The Hall–Kier alpha value is -3.30. The van der Waals surface area contributed by atoms with E-state index in [9.17, 15) is 22.8 Å². The fraction of sp³-hybridized carbons (Fsp3) is 0.350. The Kier molecular flexibility index (Phi) is 6.43. The van der Waals surface area contributed by atoms with Gasteiger partial charge in [0.15, 0.2) is 0 Å². The Bertz CT molecular complexity index is 920. The molecule has 30 heavy (non-hydrogen) atoms. The minimum atomic E-state index is -4.65. The van der Waals surface area contributed by atoms with Gasteiger partial charge < -0.3 is 19.9 Å². The summed E-state index contributed by atoms with van der Waals surface area (Å²) in [4.78, 5) is 31.9. The second-order valence-electron chi connectivity index (χ2n) is 6.68. The first kappa shape index (κ1) is 21.4. The molecule has 1 aliphatic heterocycles. The van der Waals surface area contributed by atoms with Gasteiger partial charge in [0.1, 0.15) is 5.75 Å². The van der Waals surface area contributed by atoms with Gasteiger partial charge in [-0.05, 0) is 24.6 Å². The minimum Gasteiger partial charge on any atom is -0.495 e. The molecule has 0 spiro atoms. The topological polar surface area (TPSA) is 74.8 Å². The number of amides is 3. The molecule has 2 aromatic rings. The second kappa shape index (κ2) is 9.02. The van der Waals surface area contributed by atoms with E-state index >= 15 is 0 Å².